The van der Waals surface area contributed by atoms with Crippen LogP contribution in [0.5, 0.6) is 0 Å². The normalized spacial score (nSPS) is 17.1. The second-order valence-corrected chi connectivity index (χ2v) is 5.44. The molecule has 0 saturated heterocycles. The van der Waals surface area contributed by atoms with Gasteiger partial charge in [-0.3, -0.25) is 9.48 Å². The van der Waals surface area contributed by atoms with Crippen molar-refractivity contribution in [2.45, 2.75) is 19.0 Å². The van der Waals surface area contributed by atoms with E-state index in [9.17, 15) is 4.79 Å². The zero-order valence-corrected chi connectivity index (χ0v) is 12.2. The second-order valence-electron chi connectivity index (χ2n) is 5.44. The minimum Gasteiger partial charge on any atom is -0.352 e. The minimum absolute atomic E-state index is 0.0248. The van der Waals surface area contributed by atoms with Gasteiger partial charge in [-0.25, -0.2) is 0 Å². The van der Waals surface area contributed by atoms with Crippen LogP contribution in [0.1, 0.15) is 18.5 Å². The van der Waals surface area contributed by atoms with Gasteiger partial charge in [-0.1, -0.05) is 12.1 Å². The van der Waals surface area contributed by atoms with Crippen LogP contribution in [0, 0.1) is 0 Å². The monoisotopic (exact) mass is 285 g/mol. The summed E-state index contributed by atoms with van der Waals surface area (Å²) in [6, 6.07) is 7.55. The molecule has 0 bridgehead atoms. The standard InChI is InChI=1S/C15H19N5O/c1-10(16)15(11-7-17-19(2)8-11)20-9-14(21)18-12-5-3-4-6-13(12)20/h3-8,10,15H,9,16H2,1-2H3,(H,18,21). The molecule has 0 radical (unpaired) electrons. The molecule has 6 nitrogen and oxygen atoms in total. The Balaban J connectivity index is 2.06. The van der Waals surface area contributed by atoms with E-state index in [2.05, 4.69) is 15.3 Å². The number of carbonyl (C=O) groups excluding carboxylic acids is 1. The Bertz CT molecular complexity index is 664. The quantitative estimate of drug-likeness (QED) is 0.890. The summed E-state index contributed by atoms with van der Waals surface area (Å²) in [4.78, 5) is 14.0. The van der Waals surface area contributed by atoms with E-state index in [0.717, 1.165) is 16.9 Å². The van der Waals surface area contributed by atoms with Crippen LogP contribution in [0.3, 0.4) is 0 Å². The first kappa shape index (κ1) is 13.6. The maximum absolute atomic E-state index is 12.0. The molecule has 6 heteroatoms. The third-order valence-corrected chi connectivity index (χ3v) is 3.70. The number of nitrogens with two attached hydrogens (primary N) is 1. The van der Waals surface area contributed by atoms with Crippen molar-refractivity contribution >= 4 is 17.3 Å². The van der Waals surface area contributed by atoms with Crippen molar-refractivity contribution in [3.63, 3.8) is 0 Å². The number of aromatic nitrogens is 2. The van der Waals surface area contributed by atoms with Gasteiger partial charge in [0.2, 0.25) is 5.91 Å². The highest BCUT2D eigenvalue weighted by atomic mass is 16.2. The summed E-state index contributed by atoms with van der Waals surface area (Å²) in [6.07, 6.45) is 3.76. The maximum atomic E-state index is 12.0. The van der Waals surface area contributed by atoms with Crippen molar-refractivity contribution in [3.8, 4) is 0 Å². The Hall–Kier alpha value is -2.34. The fourth-order valence-corrected chi connectivity index (χ4v) is 2.87. The molecule has 21 heavy (non-hydrogen) atoms. The topological polar surface area (TPSA) is 76.2 Å². The third-order valence-electron chi connectivity index (χ3n) is 3.70. The van der Waals surface area contributed by atoms with Crippen LogP contribution in [-0.2, 0) is 11.8 Å². The first-order valence-electron chi connectivity index (χ1n) is 6.96. The SMILES string of the molecule is CC(N)C(c1cnn(C)c1)N1CC(=O)Nc2ccccc21. The molecule has 1 aliphatic heterocycles. The number of fused-ring (bicyclic) bond motifs is 1. The summed E-state index contributed by atoms with van der Waals surface area (Å²) in [5, 5.41) is 7.12. The zero-order chi connectivity index (χ0) is 15.0. The highest BCUT2D eigenvalue weighted by Crippen LogP contribution is 2.36. The van der Waals surface area contributed by atoms with Crippen LogP contribution < -0.4 is 16.0 Å². The second kappa shape index (κ2) is 5.21. The van der Waals surface area contributed by atoms with Crippen molar-refractivity contribution in [2.24, 2.45) is 12.8 Å². The molecule has 0 aliphatic carbocycles. The third kappa shape index (κ3) is 2.50. The van der Waals surface area contributed by atoms with Gasteiger partial charge >= 0.3 is 0 Å². The van der Waals surface area contributed by atoms with Crippen LogP contribution in [0.4, 0.5) is 11.4 Å². The summed E-state index contributed by atoms with van der Waals surface area (Å²) < 4.78 is 1.75. The number of rotatable bonds is 3. The lowest BCUT2D eigenvalue weighted by Gasteiger charge is -2.38. The molecular weight excluding hydrogens is 266 g/mol. The van der Waals surface area contributed by atoms with E-state index in [0.29, 0.717) is 0 Å². The Morgan fingerprint density at radius 2 is 2.14 bits per heavy atom. The van der Waals surface area contributed by atoms with Crippen molar-refractivity contribution in [1.29, 1.82) is 0 Å². The summed E-state index contributed by atoms with van der Waals surface area (Å²) >= 11 is 0. The highest BCUT2D eigenvalue weighted by molar-refractivity contribution is 6.01. The molecule has 1 aliphatic rings. The molecule has 0 saturated carbocycles. The lowest BCUT2D eigenvalue weighted by molar-refractivity contribution is -0.115. The molecule has 0 fully saturated rings. The highest BCUT2D eigenvalue weighted by Gasteiger charge is 2.31. The van der Waals surface area contributed by atoms with Crippen molar-refractivity contribution in [2.75, 3.05) is 16.8 Å². The first-order valence-corrected chi connectivity index (χ1v) is 6.96. The molecule has 1 aromatic carbocycles. The molecule has 2 atom stereocenters. The van der Waals surface area contributed by atoms with E-state index in [-0.39, 0.29) is 24.5 Å². The van der Waals surface area contributed by atoms with Crippen LogP contribution in [-0.4, -0.2) is 28.3 Å². The molecule has 110 valence electrons. The summed E-state index contributed by atoms with van der Waals surface area (Å²) in [7, 11) is 1.87. The van der Waals surface area contributed by atoms with Crippen molar-refractivity contribution < 1.29 is 4.79 Å². The fourth-order valence-electron chi connectivity index (χ4n) is 2.87. The number of aryl methyl sites for hydroxylation is 1. The lowest BCUT2D eigenvalue weighted by atomic mass is 10.00. The van der Waals surface area contributed by atoms with Crippen LogP contribution in [0.25, 0.3) is 0 Å². The number of nitrogens with one attached hydrogen (secondary N) is 1. The molecule has 2 unspecified atom stereocenters. The molecule has 3 rings (SSSR count). The van der Waals surface area contributed by atoms with Gasteiger partial charge in [-0.05, 0) is 19.1 Å². The molecule has 3 N–H and O–H groups in total. The Labute approximate surface area is 123 Å². The predicted molar refractivity (Wildman–Crippen MR) is 82.0 cm³/mol. The maximum Gasteiger partial charge on any atom is 0.243 e. The fraction of sp³-hybridized carbons (Fsp3) is 0.333. The van der Waals surface area contributed by atoms with Gasteiger partial charge in [-0.15, -0.1) is 0 Å². The van der Waals surface area contributed by atoms with Crippen molar-refractivity contribution in [1.82, 2.24) is 9.78 Å². The predicted octanol–water partition coefficient (Wildman–Crippen LogP) is 1.27. The molecular formula is C15H19N5O. The van der Waals surface area contributed by atoms with Crippen LogP contribution in [0.15, 0.2) is 36.7 Å². The summed E-state index contributed by atoms with van der Waals surface area (Å²) in [6.45, 7) is 2.24. The van der Waals surface area contributed by atoms with E-state index in [1.165, 1.54) is 0 Å². The molecule has 1 amide bonds. The Morgan fingerprint density at radius 3 is 2.81 bits per heavy atom. The van der Waals surface area contributed by atoms with Crippen molar-refractivity contribution in [3.05, 3.63) is 42.2 Å². The van der Waals surface area contributed by atoms with Crippen LogP contribution in [0.2, 0.25) is 0 Å². The van der Waals surface area contributed by atoms with Gasteiger partial charge in [0.25, 0.3) is 0 Å². The molecule has 1 aromatic heterocycles. The molecule has 0 spiro atoms. The summed E-state index contributed by atoms with van der Waals surface area (Å²) in [5.41, 5.74) is 9.02. The number of anilines is 2. The first-order chi connectivity index (χ1) is 10.1. The van der Waals surface area contributed by atoms with Gasteiger partial charge in [0.1, 0.15) is 0 Å². The number of nitrogens with zero attached hydrogens (tertiary/aromatic N) is 3. The number of carbonyl (C=O) groups is 1. The van der Waals surface area contributed by atoms with Gasteiger partial charge in [0.05, 0.1) is 30.2 Å². The number of hydrogen-bond donors (Lipinski definition) is 2. The van der Waals surface area contributed by atoms with Gasteiger partial charge in [0, 0.05) is 24.8 Å². The van der Waals surface area contributed by atoms with E-state index in [4.69, 9.17) is 5.73 Å². The smallest absolute Gasteiger partial charge is 0.243 e. The number of benzene rings is 1. The van der Waals surface area contributed by atoms with Gasteiger partial charge < -0.3 is 16.0 Å². The average molecular weight is 285 g/mol. The van der Waals surface area contributed by atoms with E-state index in [1.54, 1.807) is 4.68 Å². The van der Waals surface area contributed by atoms with E-state index >= 15 is 0 Å². The number of hydrogen-bond acceptors (Lipinski definition) is 4. The summed E-state index contributed by atoms with van der Waals surface area (Å²) in [5.74, 6) is -0.0248. The Kier molecular flexibility index (Phi) is 3.39. The minimum atomic E-state index is -0.131. The van der Waals surface area contributed by atoms with E-state index < -0.39 is 0 Å². The average Bonchev–Trinajstić information content (AvgIpc) is 2.84. The Morgan fingerprint density at radius 1 is 1.38 bits per heavy atom. The largest absolute Gasteiger partial charge is 0.352 e. The molecule has 2 aromatic rings. The zero-order valence-electron chi connectivity index (χ0n) is 12.2. The van der Waals surface area contributed by atoms with Crippen LogP contribution >= 0.6 is 0 Å². The number of para-hydroxylation sites is 2. The lowest BCUT2D eigenvalue weighted by Crippen LogP contribution is -2.46. The van der Waals surface area contributed by atoms with E-state index in [1.807, 2.05) is 50.6 Å². The van der Waals surface area contributed by atoms with Gasteiger partial charge in [0.15, 0.2) is 0 Å². The number of amides is 1. The van der Waals surface area contributed by atoms with Gasteiger partial charge in [-0.2, -0.15) is 5.10 Å². The molecule has 2 heterocycles.